The summed E-state index contributed by atoms with van der Waals surface area (Å²) in [6.07, 6.45) is -2.22. The van der Waals surface area contributed by atoms with E-state index in [1.807, 2.05) is 0 Å². The van der Waals surface area contributed by atoms with Crippen LogP contribution in [0.3, 0.4) is 0 Å². The summed E-state index contributed by atoms with van der Waals surface area (Å²) in [6.45, 7) is 4.70. The van der Waals surface area contributed by atoms with Crippen molar-refractivity contribution in [3.63, 3.8) is 0 Å². The van der Waals surface area contributed by atoms with E-state index in [1.165, 1.54) is 6.92 Å². The van der Waals surface area contributed by atoms with E-state index in [0.29, 0.717) is 6.08 Å². The molecule has 0 unspecified atom stereocenters. The summed E-state index contributed by atoms with van der Waals surface area (Å²) in [5, 5.41) is 0. The van der Waals surface area contributed by atoms with E-state index >= 15 is 0 Å². The van der Waals surface area contributed by atoms with E-state index in [9.17, 15) is 18.4 Å². The lowest BCUT2D eigenvalue weighted by Crippen LogP contribution is -2.41. The van der Waals surface area contributed by atoms with Crippen molar-refractivity contribution in [3.8, 4) is 11.8 Å². The normalized spacial score (nSPS) is 10.1. The molecule has 0 bridgehead atoms. The van der Waals surface area contributed by atoms with E-state index in [0.717, 1.165) is 0 Å². The second-order valence-corrected chi connectivity index (χ2v) is 3.82. The van der Waals surface area contributed by atoms with Crippen molar-refractivity contribution >= 4 is 11.9 Å². The third-order valence-corrected chi connectivity index (χ3v) is 2.50. The van der Waals surface area contributed by atoms with Crippen molar-refractivity contribution in [3.05, 3.63) is 12.2 Å². The van der Waals surface area contributed by atoms with Gasteiger partial charge in [0.15, 0.2) is 5.41 Å². The number of hydrogen-bond acceptors (Lipinski definition) is 4. The van der Waals surface area contributed by atoms with Gasteiger partial charge in [-0.2, -0.15) is 8.78 Å². The number of ether oxygens (including phenoxy) is 2. The smallest absolute Gasteiger partial charge is 0.324 e. The zero-order chi connectivity index (χ0) is 15.6. The molecule has 20 heavy (non-hydrogen) atoms. The van der Waals surface area contributed by atoms with Crippen molar-refractivity contribution in [1.82, 2.24) is 0 Å². The molecule has 0 spiro atoms. The largest absolute Gasteiger partial charge is 0.465 e. The number of hydrogen-bond donors (Lipinski definition) is 0. The maximum Gasteiger partial charge on any atom is 0.324 e. The highest BCUT2D eigenvalue weighted by Gasteiger charge is 2.47. The van der Waals surface area contributed by atoms with E-state index in [1.54, 1.807) is 13.8 Å². The first kappa shape index (κ1) is 18.1. The summed E-state index contributed by atoms with van der Waals surface area (Å²) >= 11 is 0. The van der Waals surface area contributed by atoms with Gasteiger partial charge in [0.1, 0.15) is 0 Å². The van der Waals surface area contributed by atoms with Crippen molar-refractivity contribution in [2.75, 3.05) is 13.2 Å². The van der Waals surface area contributed by atoms with Gasteiger partial charge >= 0.3 is 11.9 Å². The average molecular weight is 288 g/mol. The second kappa shape index (κ2) is 9.08. The molecule has 4 nitrogen and oxygen atoms in total. The highest BCUT2D eigenvalue weighted by atomic mass is 19.3. The third-order valence-electron chi connectivity index (χ3n) is 2.50. The molecule has 0 aliphatic carbocycles. The Morgan fingerprint density at radius 1 is 1.15 bits per heavy atom. The quantitative estimate of drug-likeness (QED) is 0.410. The zero-order valence-electron chi connectivity index (χ0n) is 11.8. The number of carbonyl (C=O) groups excluding carboxylic acids is 2. The molecule has 0 aliphatic heterocycles. The van der Waals surface area contributed by atoms with Gasteiger partial charge in [-0.15, -0.1) is 11.8 Å². The van der Waals surface area contributed by atoms with Crippen LogP contribution in [-0.2, 0) is 19.1 Å². The molecule has 0 aromatic rings. The fourth-order valence-electron chi connectivity index (χ4n) is 1.50. The molecule has 0 rings (SSSR count). The number of carbonyl (C=O) groups is 2. The molecule has 0 fully saturated rings. The van der Waals surface area contributed by atoms with Gasteiger partial charge in [-0.25, -0.2) is 0 Å². The first-order valence-corrected chi connectivity index (χ1v) is 6.19. The number of esters is 2. The van der Waals surface area contributed by atoms with E-state index in [2.05, 4.69) is 11.8 Å². The Labute approximate surface area is 117 Å². The lowest BCUT2D eigenvalue weighted by Gasteiger charge is -2.26. The number of rotatable bonds is 7. The van der Waals surface area contributed by atoms with Crippen molar-refractivity contribution in [2.45, 2.75) is 33.6 Å². The lowest BCUT2D eigenvalue weighted by atomic mass is 9.81. The van der Waals surface area contributed by atoms with Gasteiger partial charge in [-0.3, -0.25) is 9.59 Å². The van der Waals surface area contributed by atoms with Crippen LogP contribution in [0.2, 0.25) is 0 Å². The van der Waals surface area contributed by atoms with E-state index < -0.39 is 29.9 Å². The molecule has 112 valence electrons. The zero-order valence-corrected chi connectivity index (χ0v) is 11.8. The fourth-order valence-corrected chi connectivity index (χ4v) is 1.50. The SMILES string of the molecule is CC#CCC(CC=C(F)F)(C(=O)OCC)C(=O)OCC. The van der Waals surface area contributed by atoms with Crippen molar-refractivity contribution < 1.29 is 27.8 Å². The predicted molar refractivity (Wildman–Crippen MR) is 68.7 cm³/mol. The first-order chi connectivity index (χ1) is 9.44. The summed E-state index contributed by atoms with van der Waals surface area (Å²) in [4.78, 5) is 24.1. The monoisotopic (exact) mass is 288 g/mol. The van der Waals surface area contributed by atoms with Crippen LogP contribution in [0.5, 0.6) is 0 Å². The molecule has 0 atom stereocenters. The Morgan fingerprint density at radius 3 is 2.00 bits per heavy atom. The molecule has 0 heterocycles. The van der Waals surface area contributed by atoms with Crippen LogP contribution in [0.25, 0.3) is 0 Å². The van der Waals surface area contributed by atoms with Gasteiger partial charge < -0.3 is 9.47 Å². The Morgan fingerprint density at radius 2 is 1.65 bits per heavy atom. The molecule has 0 radical (unpaired) electrons. The van der Waals surface area contributed by atoms with Gasteiger partial charge in [0, 0.05) is 6.42 Å². The maximum absolute atomic E-state index is 12.3. The summed E-state index contributed by atoms with van der Waals surface area (Å²) in [5.41, 5.74) is -1.85. The van der Waals surface area contributed by atoms with Gasteiger partial charge in [0.25, 0.3) is 6.08 Å². The van der Waals surface area contributed by atoms with E-state index in [-0.39, 0.29) is 19.6 Å². The van der Waals surface area contributed by atoms with Gasteiger partial charge in [0.2, 0.25) is 0 Å². The summed E-state index contributed by atoms with van der Waals surface area (Å²) in [5.74, 6) is 3.29. The van der Waals surface area contributed by atoms with E-state index in [4.69, 9.17) is 9.47 Å². The molecule has 0 saturated carbocycles. The fraction of sp³-hybridized carbons (Fsp3) is 0.571. The Balaban J connectivity index is 5.58. The van der Waals surface area contributed by atoms with Crippen molar-refractivity contribution in [2.24, 2.45) is 5.41 Å². The summed E-state index contributed by atoms with van der Waals surface area (Å²) < 4.78 is 34.3. The minimum atomic E-state index is -1.98. The lowest BCUT2D eigenvalue weighted by molar-refractivity contribution is -0.171. The average Bonchev–Trinajstić information content (AvgIpc) is 2.39. The highest BCUT2D eigenvalue weighted by Crippen LogP contribution is 2.32. The number of halogens is 2. The minimum Gasteiger partial charge on any atom is -0.465 e. The molecule has 0 aliphatic rings. The molecule has 0 N–H and O–H groups in total. The van der Waals surface area contributed by atoms with Crippen LogP contribution in [-0.4, -0.2) is 25.2 Å². The molecular formula is C14H18F2O4. The predicted octanol–water partition coefficient (Wildman–Crippen LogP) is 2.68. The van der Waals surface area contributed by atoms with Gasteiger partial charge in [0.05, 0.1) is 13.2 Å². The van der Waals surface area contributed by atoms with Crippen LogP contribution in [0, 0.1) is 17.3 Å². The molecule has 0 amide bonds. The second-order valence-electron chi connectivity index (χ2n) is 3.82. The summed E-state index contributed by atoms with van der Waals surface area (Å²) in [6, 6.07) is 0. The van der Waals surface area contributed by atoms with Crippen LogP contribution in [0.4, 0.5) is 8.78 Å². The highest BCUT2D eigenvalue weighted by molar-refractivity contribution is 6.00. The topological polar surface area (TPSA) is 52.6 Å². The maximum atomic E-state index is 12.3. The van der Waals surface area contributed by atoms with Crippen LogP contribution < -0.4 is 0 Å². The molecule has 6 heteroatoms. The van der Waals surface area contributed by atoms with Crippen LogP contribution in [0.1, 0.15) is 33.6 Å². The van der Waals surface area contributed by atoms with Crippen molar-refractivity contribution in [1.29, 1.82) is 0 Å². The Hall–Kier alpha value is -1.90. The first-order valence-electron chi connectivity index (χ1n) is 6.19. The minimum absolute atomic E-state index is 0.0291. The Bertz CT molecular complexity index is 410. The molecule has 0 aromatic carbocycles. The van der Waals surface area contributed by atoms with Gasteiger partial charge in [-0.05, 0) is 33.3 Å². The Kier molecular flexibility index (Phi) is 8.21. The van der Waals surface area contributed by atoms with Gasteiger partial charge in [-0.1, -0.05) is 0 Å². The molecule has 0 saturated heterocycles. The van der Waals surface area contributed by atoms with Crippen LogP contribution in [0.15, 0.2) is 12.2 Å². The molecular weight excluding hydrogens is 270 g/mol. The third kappa shape index (κ3) is 5.00. The van der Waals surface area contributed by atoms with Crippen LogP contribution >= 0.6 is 0 Å². The summed E-state index contributed by atoms with van der Waals surface area (Å²) in [7, 11) is 0. The number of allylic oxidation sites excluding steroid dienone is 1. The standard InChI is InChI=1S/C14H18F2O4/c1-4-7-9-14(10-8-11(15)16,12(17)19-5-2)13(18)20-6-3/h8H,5-6,9-10H2,1-3H3. The molecule has 0 aromatic heterocycles.